The zero-order valence-electron chi connectivity index (χ0n) is 12.2. The van der Waals surface area contributed by atoms with Gasteiger partial charge in [-0.25, -0.2) is 0 Å². The third-order valence-electron chi connectivity index (χ3n) is 3.17. The first-order chi connectivity index (χ1) is 7.26. The highest BCUT2D eigenvalue weighted by molar-refractivity contribution is 4.73. The van der Waals surface area contributed by atoms with E-state index in [9.17, 15) is 5.11 Å². The van der Waals surface area contributed by atoms with Crippen LogP contribution in [0.2, 0.25) is 0 Å². The van der Waals surface area contributed by atoms with E-state index < -0.39 is 0 Å². The van der Waals surface area contributed by atoms with Crippen LogP contribution in [0.3, 0.4) is 0 Å². The van der Waals surface area contributed by atoms with Gasteiger partial charge in [-0.3, -0.25) is 0 Å². The van der Waals surface area contributed by atoms with Gasteiger partial charge in [0.2, 0.25) is 0 Å². The lowest BCUT2D eigenvalue weighted by Crippen LogP contribution is -2.23. The van der Waals surface area contributed by atoms with Crippen molar-refractivity contribution < 1.29 is 5.11 Å². The lowest BCUT2D eigenvalue weighted by Gasteiger charge is -2.27. The van der Waals surface area contributed by atoms with Gasteiger partial charge in [-0.1, -0.05) is 48.0 Å². The third-order valence-corrected chi connectivity index (χ3v) is 3.17. The van der Waals surface area contributed by atoms with Gasteiger partial charge in [0.05, 0.1) is 6.10 Å². The molecule has 2 unspecified atom stereocenters. The van der Waals surface area contributed by atoms with E-state index in [2.05, 4.69) is 41.5 Å². The predicted octanol–water partition coefficient (Wildman–Crippen LogP) is 4.64. The van der Waals surface area contributed by atoms with E-state index in [1.54, 1.807) is 0 Å². The molecule has 0 bridgehead atoms. The Labute approximate surface area is 103 Å². The molecule has 0 aliphatic rings. The van der Waals surface area contributed by atoms with Gasteiger partial charge < -0.3 is 5.11 Å². The summed E-state index contributed by atoms with van der Waals surface area (Å²) in [5.41, 5.74) is 0.343. The van der Waals surface area contributed by atoms with Crippen LogP contribution < -0.4 is 0 Å². The molecule has 2 atom stereocenters. The van der Waals surface area contributed by atoms with E-state index in [1.165, 1.54) is 19.3 Å². The smallest absolute Gasteiger partial charge is 0.0568 e. The summed E-state index contributed by atoms with van der Waals surface area (Å²) in [5, 5.41) is 10.3. The Bertz CT molecular complexity index is 167. The molecular formula is C15H32O. The molecule has 0 aromatic carbocycles. The maximum atomic E-state index is 10.3. The minimum atomic E-state index is -0.0958. The second-order valence-electron chi connectivity index (χ2n) is 6.84. The van der Waals surface area contributed by atoms with Gasteiger partial charge in [-0.2, -0.15) is 0 Å². The van der Waals surface area contributed by atoms with Crippen molar-refractivity contribution in [2.75, 3.05) is 0 Å². The summed E-state index contributed by atoms with van der Waals surface area (Å²) in [5.74, 6) is 1.20. The summed E-state index contributed by atoms with van der Waals surface area (Å²) >= 11 is 0. The van der Waals surface area contributed by atoms with Crippen LogP contribution in [0, 0.1) is 17.3 Å². The van der Waals surface area contributed by atoms with Crippen LogP contribution >= 0.6 is 0 Å². The molecule has 0 saturated heterocycles. The molecule has 0 heterocycles. The zero-order chi connectivity index (χ0) is 12.8. The number of hydrogen-bond acceptors (Lipinski definition) is 1. The fourth-order valence-electron chi connectivity index (χ4n) is 2.26. The summed E-state index contributed by atoms with van der Waals surface area (Å²) in [4.78, 5) is 0. The standard InChI is InChI=1S/C15H32O/c1-7-8-13(11-12(2)3)14(16)9-10-15(4,5)6/h12-14,16H,7-11H2,1-6H3. The summed E-state index contributed by atoms with van der Waals surface area (Å²) in [7, 11) is 0. The number of hydrogen-bond donors (Lipinski definition) is 1. The monoisotopic (exact) mass is 228 g/mol. The van der Waals surface area contributed by atoms with E-state index in [0.29, 0.717) is 17.3 Å². The quantitative estimate of drug-likeness (QED) is 0.673. The second-order valence-corrected chi connectivity index (χ2v) is 6.84. The largest absolute Gasteiger partial charge is 0.393 e. The lowest BCUT2D eigenvalue weighted by atomic mass is 9.82. The molecule has 1 N–H and O–H groups in total. The number of rotatable bonds is 7. The maximum Gasteiger partial charge on any atom is 0.0568 e. The molecule has 1 nitrogen and oxygen atoms in total. The van der Waals surface area contributed by atoms with Crippen molar-refractivity contribution in [3.63, 3.8) is 0 Å². The molecule has 0 aromatic heterocycles. The number of aliphatic hydroxyl groups excluding tert-OH is 1. The first-order valence-electron chi connectivity index (χ1n) is 6.94. The topological polar surface area (TPSA) is 20.2 Å². The minimum Gasteiger partial charge on any atom is -0.393 e. The Balaban J connectivity index is 4.10. The van der Waals surface area contributed by atoms with Gasteiger partial charge >= 0.3 is 0 Å². The Morgan fingerprint density at radius 1 is 1.06 bits per heavy atom. The normalized spacial score (nSPS) is 16.5. The lowest BCUT2D eigenvalue weighted by molar-refractivity contribution is 0.0703. The van der Waals surface area contributed by atoms with Gasteiger partial charge in [-0.15, -0.1) is 0 Å². The minimum absolute atomic E-state index is 0.0958. The van der Waals surface area contributed by atoms with Crippen molar-refractivity contribution >= 4 is 0 Å². The van der Waals surface area contributed by atoms with Crippen LogP contribution in [0.15, 0.2) is 0 Å². The summed E-state index contributed by atoms with van der Waals surface area (Å²) in [6.45, 7) is 13.5. The number of aliphatic hydroxyl groups is 1. The summed E-state index contributed by atoms with van der Waals surface area (Å²) in [6.07, 6.45) is 5.50. The van der Waals surface area contributed by atoms with Crippen LogP contribution in [0.5, 0.6) is 0 Å². The molecule has 98 valence electrons. The molecule has 0 rings (SSSR count). The summed E-state index contributed by atoms with van der Waals surface area (Å²) in [6, 6.07) is 0. The van der Waals surface area contributed by atoms with E-state index in [0.717, 1.165) is 12.8 Å². The molecule has 0 aliphatic heterocycles. The van der Waals surface area contributed by atoms with Crippen molar-refractivity contribution in [3.8, 4) is 0 Å². The first-order valence-corrected chi connectivity index (χ1v) is 6.94. The molecular weight excluding hydrogens is 196 g/mol. The highest BCUT2D eigenvalue weighted by atomic mass is 16.3. The van der Waals surface area contributed by atoms with Crippen LogP contribution in [-0.2, 0) is 0 Å². The molecule has 1 heteroatoms. The van der Waals surface area contributed by atoms with Crippen LogP contribution in [0.25, 0.3) is 0 Å². The molecule has 0 spiro atoms. The van der Waals surface area contributed by atoms with Crippen molar-refractivity contribution in [2.24, 2.45) is 17.3 Å². The van der Waals surface area contributed by atoms with Crippen LogP contribution in [0.1, 0.15) is 73.6 Å². The van der Waals surface area contributed by atoms with E-state index in [1.807, 2.05) is 0 Å². The van der Waals surface area contributed by atoms with Gasteiger partial charge in [0.25, 0.3) is 0 Å². The van der Waals surface area contributed by atoms with Crippen molar-refractivity contribution in [3.05, 3.63) is 0 Å². The van der Waals surface area contributed by atoms with Gasteiger partial charge in [-0.05, 0) is 42.9 Å². The SMILES string of the molecule is CCCC(CC(C)C)C(O)CCC(C)(C)C. The van der Waals surface area contributed by atoms with Gasteiger partial charge in [0, 0.05) is 0 Å². The fraction of sp³-hybridized carbons (Fsp3) is 1.00. The third kappa shape index (κ3) is 8.15. The maximum absolute atomic E-state index is 10.3. The van der Waals surface area contributed by atoms with E-state index >= 15 is 0 Å². The Hall–Kier alpha value is -0.0400. The van der Waals surface area contributed by atoms with Crippen molar-refractivity contribution in [1.29, 1.82) is 0 Å². The van der Waals surface area contributed by atoms with Crippen molar-refractivity contribution in [1.82, 2.24) is 0 Å². The van der Waals surface area contributed by atoms with Crippen LogP contribution in [-0.4, -0.2) is 11.2 Å². The van der Waals surface area contributed by atoms with Crippen LogP contribution in [0.4, 0.5) is 0 Å². The highest BCUT2D eigenvalue weighted by Crippen LogP contribution is 2.28. The zero-order valence-corrected chi connectivity index (χ0v) is 12.2. The molecule has 0 radical (unpaired) electrons. The molecule has 0 aliphatic carbocycles. The molecule has 0 fully saturated rings. The molecule has 0 amide bonds. The van der Waals surface area contributed by atoms with Gasteiger partial charge in [0.15, 0.2) is 0 Å². The molecule has 0 saturated carbocycles. The van der Waals surface area contributed by atoms with Gasteiger partial charge in [0.1, 0.15) is 0 Å². The fourth-order valence-corrected chi connectivity index (χ4v) is 2.26. The average Bonchev–Trinajstić information content (AvgIpc) is 2.11. The van der Waals surface area contributed by atoms with Crippen molar-refractivity contribution in [2.45, 2.75) is 79.8 Å². The Morgan fingerprint density at radius 3 is 2.00 bits per heavy atom. The second kappa shape index (κ2) is 7.32. The molecule has 0 aromatic rings. The average molecular weight is 228 g/mol. The highest BCUT2D eigenvalue weighted by Gasteiger charge is 2.21. The summed E-state index contributed by atoms with van der Waals surface area (Å²) < 4.78 is 0. The Kier molecular flexibility index (Phi) is 7.30. The Morgan fingerprint density at radius 2 is 1.62 bits per heavy atom. The molecule has 16 heavy (non-hydrogen) atoms. The predicted molar refractivity (Wildman–Crippen MR) is 72.5 cm³/mol. The van der Waals surface area contributed by atoms with E-state index in [4.69, 9.17) is 0 Å². The van der Waals surface area contributed by atoms with E-state index in [-0.39, 0.29) is 6.10 Å². The first kappa shape index (κ1) is 16.0.